The number of rotatable bonds is 6. The zero-order chi connectivity index (χ0) is 21.1. The first-order valence-electron chi connectivity index (χ1n) is 9.39. The van der Waals surface area contributed by atoms with Crippen LogP contribution in [-0.4, -0.2) is 47.2 Å². The van der Waals surface area contributed by atoms with Crippen LogP contribution in [0.2, 0.25) is 0 Å². The van der Waals surface area contributed by atoms with E-state index in [1.54, 1.807) is 6.20 Å². The van der Waals surface area contributed by atoms with Gasteiger partial charge in [0, 0.05) is 24.2 Å². The molecule has 1 aliphatic heterocycles. The molecule has 1 N–H and O–H groups in total. The van der Waals surface area contributed by atoms with Crippen molar-refractivity contribution in [3.05, 3.63) is 46.9 Å². The number of nitrogens with one attached hydrogen (secondary N) is 1. The number of aromatic nitrogens is 3. The molecule has 3 aromatic heterocycles. The molecule has 1 atom stereocenters. The predicted octanol–water partition coefficient (Wildman–Crippen LogP) is 2.56. The molecular formula is C19H20N4O5S2. The Hall–Kier alpha value is -2.79. The summed E-state index contributed by atoms with van der Waals surface area (Å²) in [5.74, 6) is 0.771. The number of carbonyl (C=O) groups excluding carboxylic acids is 1. The van der Waals surface area contributed by atoms with Crippen molar-refractivity contribution in [2.24, 2.45) is 0 Å². The van der Waals surface area contributed by atoms with Crippen molar-refractivity contribution in [2.75, 3.05) is 11.5 Å². The van der Waals surface area contributed by atoms with Gasteiger partial charge in [0.2, 0.25) is 5.06 Å². The fourth-order valence-electron chi connectivity index (χ4n) is 3.27. The molecule has 1 saturated heterocycles. The van der Waals surface area contributed by atoms with E-state index in [1.807, 2.05) is 25.1 Å². The van der Waals surface area contributed by atoms with Gasteiger partial charge >= 0.3 is 6.09 Å². The van der Waals surface area contributed by atoms with Gasteiger partial charge in [0.05, 0.1) is 28.4 Å². The summed E-state index contributed by atoms with van der Waals surface area (Å²) < 4.78 is 33.5. The predicted molar refractivity (Wildman–Crippen MR) is 110 cm³/mol. The van der Waals surface area contributed by atoms with Crippen molar-refractivity contribution in [1.82, 2.24) is 20.4 Å². The van der Waals surface area contributed by atoms with Crippen molar-refractivity contribution < 1.29 is 22.5 Å². The number of carbonyl (C=O) groups is 1. The number of pyridine rings is 1. The maximum atomic E-state index is 12.0. The van der Waals surface area contributed by atoms with Crippen LogP contribution in [0.15, 0.2) is 35.1 Å². The molecule has 1 unspecified atom stereocenters. The molecule has 0 spiro atoms. The van der Waals surface area contributed by atoms with Crippen LogP contribution in [0.25, 0.3) is 11.4 Å². The van der Waals surface area contributed by atoms with Crippen LogP contribution in [0.5, 0.6) is 5.06 Å². The van der Waals surface area contributed by atoms with Gasteiger partial charge in [-0.3, -0.25) is 4.98 Å². The zero-order valence-electron chi connectivity index (χ0n) is 16.2. The molecule has 0 radical (unpaired) electrons. The van der Waals surface area contributed by atoms with Gasteiger partial charge in [-0.2, -0.15) is 0 Å². The molecule has 4 rings (SSSR count). The number of sulfone groups is 1. The first-order valence-corrected chi connectivity index (χ1v) is 12.0. The second kappa shape index (κ2) is 8.52. The first kappa shape index (κ1) is 20.5. The molecule has 4 heterocycles. The highest BCUT2D eigenvalue weighted by Gasteiger charge is 2.29. The van der Waals surface area contributed by atoms with E-state index in [4.69, 9.17) is 9.26 Å². The quantitative estimate of drug-likeness (QED) is 0.610. The third-order valence-corrected chi connectivity index (χ3v) is 7.46. The van der Waals surface area contributed by atoms with Gasteiger partial charge in [-0.15, -0.1) is 0 Å². The van der Waals surface area contributed by atoms with Crippen LogP contribution in [0.1, 0.15) is 22.8 Å². The minimum atomic E-state index is -3.06. The first-order chi connectivity index (χ1) is 14.4. The fourth-order valence-corrected chi connectivity index (χ4v) is 5.71. The number of ether oxygens (including phenoxy) is 1. The highest BCUT2D eigenvalue weighted by atomic mass is 32.2. The molecule has 1 fully saturated rings. The average Bonchev–Trinajstić information content (AvgIpc) is 3.40. The summed E-state index contributed by atoms with van der Waals surface area (Å²) in [6.45, 7) is 1.86. The van der Waals surface area contributed by atoms with Crippen molar-refractivity contribution >= 4 is 27.3 Å². The lowest BCUT2D eigenvalue weighted by Crippen LogP contribution is -2.37. The van der Waals surface area contributed by atoms with E-state index in [1.165, 1.54) is 17.5 Å². The fraction of sp³-hybridized carbons (Fsp3) is 0.368. The van der Waals surface area contributed by atoms with Crippen molar-refractivity contribution in [2.45, 2.75) is 32.2 Å². The highest BCUT2D eigenvalue weighted by molar-refractivity contribution is 7.91. The Morgan fingerprint density at radius 2 is 2.20 bits per heavy atom. The van der Waals surface area contributed by atoms with Gasteiger partial charge in [0.1, 0.15) is 11.5 Å². The number of hydrogen-bond donors (Lipinski definition) is 1. The standard InChI is InChI=1S/C19H20N4O5S2/c1-12-14(18(23-28-12)15-4-2-3-8-20-15)5-6-16-21-10-17(29-16)27-19(24)22-13-7-9-30(25,26)11-13/h2-4,8,10,13H,5-7,9,11H2,1H3,(H,22,24). The Kier molecular flexibility index (Phi) is 5.82. The van der Waals surface area contributed by atoms with E-state index in [9.17, 15) is 13.2 Å². The lowest BCUT2D eigenvalue weighted by atomic mass is 10.1. The van der Waals surface area contributed by atoms with Crippen LogP contribution in [0.3, 0.4) is 0 Å². The maximum absolute atomic E-state index is 12.0. The minimum absolute atomic E-state index is 0.0489. The third-order valence-electron chi connectivity index (χ3n) is 4.76. The Labute approximate surface area is 177 Å². The number of nitrogens with zero attached hydrogens (tertiary/aromatic N) is 3. The summed E-state index contributed by atoms with van der Waals surface area (Å²) in [6.07, 6.45) is 4.21. The van der Waals surface area contributed by atoms with Gasteiger partial charge in [0.25, 0.3) is 0 Å². The molecular weight excluding hydrogens is 428 g/mol. The molecule has 0 bridgehead atoms. The Morgan fingerprint density at radius 3 is 2.93 bits per heavy atom. The average molecular weight is 449 g/mol. The van der Waals surface area contributed by atoms with E-state index >= 15 is 0 Å². The number of hydrogen-bond acceptors (Lipinski definition) is 9. The van der Waals surface area contributed by atoms with Crippen LogP contribution >= 0.6 is 11.3 Å². The second-order valence-electron chi connectivity index (χ2n) is 6.99. The molecule has 1 amide bonds. The summed E-state index contributed by atoms with van der Waals surface area (Å²) in [7, 11) is -3.06. The normalized spacial score (nSPS) is 17.7. The van der Waals surface area contributed by atoms with Gasteiger partial charge in [-0.25, -0.2) is 18.2 Å². The largest absolute Gasteiger partial charge is 0.413 e. The van der Waals surface area contributed by atoms with E-state index in [0.29, 0.717) is 30.0 Å². The smallest absolute Gasteiger partial charge is 0.397 e. The second-order valence-corrected chi connectivity index (χ2v) is 10.3. The molecule has 1 aliphatic rings. The molecule has 158 valence electrons. The van der Waals surface area contributed by atoms with E-state index in [-0.39, 0.29) is 11.5 Å². The maximum Gasteiger partial charge on any atom is 0.413 e. The van der Waals surface area contributed by atoms with E-state index in [2.05, 4.69) is 20.4 Å². The monoisotopic (exact) mass is 448 g/mol. The van der Waals surface area contributed by atoms with Crippen molar-refractivity contribution in [3.63, 3.8) is 0 Å². The summed E-state index contributed by atoms with van der Waals surface area (Å²) >= 11 is 1.27. The van der Waals surface area contributed by atoms with E-state index in [0.717, 1.165) is 22.0 Å². The molecule has 0 aliphatic carbocycles. The van der Waals surface area contributed by atoms with Crippen LogP contribution in [0.4, 0.5) is 4.79 Å². The van der Waals surface area contributed by atoms with Gasteiger partial charge in [-0.1, -0.05) is 22.6 Å². The lowest BCUT2D eigenvalue weighted by molar-refractivity contribution is 0.198. The summed E-state index contributed by atoms with van der Waals surface area (Å²) in [4.78, 5) is 20.6. The molecule has 0 saturated carbocycles. The molecule has 9 nitrogen and oxygen atoms in total. The van der Waals surface area contributed by atoms with Crippen LogP contribution in [0, 0.1) is 6.92 Å². The highest BCUT2D eigenvalue weighted by Crippen LogP contribution is 2.27. The minimum Gasteiger partial charge on any atom is -0.397 e. The van der Waals surface area contributed by atoms with Crippen molar-refractivity contribution in [3.8, 4) is 16.5 Å². The van der Waals surface area contributed by atoms with Gasteiger partial charge in [-0.05, 0) is 31.9 Å². The molecule has 3 aromatic rings. The lowest BCUT2D eigenvalue weighted by Gasteiger charge is -2.09. The summed E-state index contributed by atoms with van der Waals surface area (Å²) in [5, 5.41) is 7.87. The van der Waals surface area contributed by atoms with Gasteiger partial charge < -0.3 is 14.6 Å². The summed E-state index contributed by atoms with van der Waals surface area (Å²) in [5.41, 5.74) is 2.43. The van der Waals surface area contributed by atoms with Crippen LogP contribution in [-0.2, 0) is 22.7 Å². The van der Waals surface area contributed by atoms with Gasteiger partial charge in [0.15, 0.2) is 9.84 Å². The molecule has 30 heavy (non-hydrogen) atoms. The van der Waals surface area contributed by atoms with Crippen molar-refractivity contribution in [1.29, 1.82) is 0 Å². The molecule has 0 aromatic carbocycles. The topological polar surface area (TPSA) is 124 Å². The van der Waals surface area contributed by atoms with E-state index < -0.39 is 22.0 Å². The Balaban J connectivity index is 1.35. The van der Waals surface area contributed by atoms with Crippen LogP contribution < -0.4 is 10.1 Å². The number of amides is 1. The Morgan fingerprint density at radius 1 is 1.33 bits per heavy atom. The number of thiazole rings is 1. The third kappa shape index (κ3) is 4.85. The Bertz CT molecular complexity index is 1140. The summed E-state index contributed by atoms with van der Waals surface area (Å²) in [6, 6.07) is 5.21. The number of aryl methyl sites for hydroxylation is 2. The zero-order valence-corrected chi connectivity index (χ0v) is 17.8. The molecule has 11 heteroatoms. The SMILES string of the molecule is Cc1onc(-c2ccccn2)c1CCc1ncc(OC(=O)NC2CCS(=O)(=O)C2)s1.